The van der Waals surface area contributed by atoms with Crippen molar-refractivity contribution in [3.8, 4) is 0 Å². The molecule has 15 heavy (non-hydrogen) atoms. The number of rotatable bonds is 2. The van der Waals surface area contributed by atoms with E-state index in [9.17, 15) is 13.6 Å². The number of methoxy groups -OCH3 is 1. The maximum atomic E-state index is 13.5. The lowest BCUT2D eigenvalue weighted by Crippen LogP contribution is -2.09. The summed E-state index contributed by atoms with van der Waals surface area (Å²) < 4.78 is 30.7. The van der Waals surface area contributed by atoms with Crippen LogP contribution in [0.4, 0.5) is 14.5 Å². The van der Waals surface area contributed by atoms with Crippen LogP contribution in [0, 0.1) is 11.6 Å². The Morgan fingerprint density at radius 2 is 2.13 bits per heavy atom. The van der Waals surface area contributed by atoms with Crippen LogP contribution in [0.2, 0.25) is 0 Å². The minimum absolute atomic E-state index is 0.102. The summed E-state index contributed by atoms with van der Waals surface area (Å²) in [7, 11) is 2.56. The van der Waals surface area contributed by atoms with E-state index in [0.717, 1.165) is 13.2 Å². The molecule has 82 valence electrons. The second kappa shape index (κ2) is 4.57. The maximum Gasteiger partial charge on any atom is 0.340 e. The molecule has 0 aliphatic carbocycles. The van der Waals surface area contributed by atoms with E-state index in [2.05, 4.69) is 26.0 Å². The topological polar surface area (TPSA) is 38.3 Å². The number of carbonyl (C=O) groups is 1. The van der Waals surface area contributed by atoms with Gasteiger partial charge in [0.1, 0.15) is 5.82 Å². The highest BCUT2D eigenvalue weighted by molar-refractivity contribution is 9.10. The minimum Gasteiger partial charge on any atom is -0.465 e. The molecule has 0 aliphatic rings. The van der Waals surface area contributed by atoms with Crippen LogP contribution in [-0.2, 0) is 4.74 Å². The molecule has 1 N–H and O–H groups in total. The zero-order chi connectivity index (χ0) is 11.6. The fraction of sp³-hybridized carbons (Fsp3) is 0.222. The first-order valence-corrected chi connectivity index (χ1v) is 4.75. The molecule has 1 rings (SSSR count). The zero-order valence-corrected chi connectivity index (χ0v) is 9.61. The van der Waals surface area contributed by atoms with Gasteiger partial charge in [0.15, 0.2) is 5.82 Å². The average molecular weight is 280 g/mol. The average Bonchev–Trinajstić information content (AvgIpc) is 2.24. The van der Waals surface area contributed by atoms with E-state index in [0.29, 0.717) is 0 Å². The molecule has 3 nitrogen and oxygen atoms in total. The predicted octanol–water partition coefficient (Wildman–Crippen LogP) is 2.56. The summed E-state index contributed by atoms with van der Waals surface area (Å²) in [5.74, 6) is -2.52. The Bertz CT molecular complexity index is 410. The molecule has 6 heteroatoms. The van der Waals surface area contributed by atoms with Crippen molar-refractivity contribution in [1.29, 1.82) is 0 Å². The van der Waals surface area contributed by atoms with E-state index in [-0.39, 0.29) is 15.7 Å². The summed E-state index contributed by atoms with van der Waals surface area (Å²) >= 11 is 2.73. The molecule has 0 atom stereocenters. The first-order valence-electron chi connectivity index (χ1n) is 3.96. The van der Waals surface area contributed by atoms with Gasteiger partial charge in [0.25, 0.3) is 0 Å². The second-order valence-electron chi connectivity index (χ2n) is 2.65. The molecule has 1 aromatic carbocycles. The van der Waals surface area contributed by atoms with Crippen LogP contribution >= 0.6 is 15.9 Å². The van der Waals surface area contributed by atoms with E-state index < -0.39 is 17.6 Å². The number of halogens is 3. The van der Waals surface area contributed by atoms with Crippen molar-refractivity contribution in [3.63, 3.8) is 0 Å². The third-order valence-corrected chi connectivity index (χ3v) is 2.54. The van der Waals surface area contributed by atoms with Crippen molar-refractivity contribution in [2.75, 3.05) is 19.5 Å². The van der Waals surface area contributed by atoms with Gasteiger partial charge in [0, 0.05) is 7.05 Å². The molecule has 0 amide bonds. The molecular formula is C9H8BrF2NO2. The first-order chi connectivity index (χ1) is 7.02. The van der Waals surface area contributed by atoms with Gasteiger partial charge >= 0.3 is 5.97 Å². The van der Waals surface area contributed by atoms with Crippen LogP contribution in [0.3, 0.4) is 0 Å². The first kappa shape index (κ1) is 11.9. The van der Waals surface area contributed by atoms with Gasteiger partial charge < -0.3 is 10.1 Å². The van der Waals surface area contributed by atoms with Gasteiger partial charge in [-0.2, -0.15) is 0 Å². The minimum atomic E-state index is -0.863. The molecule has 0 bridgehead atoms. The van der Waals surface area contributed by atoms with Crippen LogP contribution in [-0.4, -0.2) is 20.1 Å². The molecule has 0 heterocycles. The number of nitrogens with one attached hydrogen (secondary N) is 1. The number of hydrogen-bond acceptors (Lipinski definition) is 3. The smallest absolute Gasteiger partial charge is 0.340 e. The van der Waals surface area contributed by atoms with Gasteiger partial charge in [-0.05, 0) is 22.0 Å². The van der Waals surface area contributed by atoms with E-state index in [1.165, 1.54) is 7.05 Å². The Labute approximate surface area is 93.5 Å². The molecular weight excluding hydrogens is 272 g/mol. The summed E-state index contributed by atoms with van der Waals surface area (Å²) in [6.45, 7) is 0. The summed E-state index contributed by atoms with van der Waals surface area (Å²) in [4.78, 5) is 11.2. The molecule has 0 aliphatic heterocycles. The standard InChI is InChI=1S/C9H8BrF2NO2/c1-13-8-4(9(14)15-2)3-5(11)6(10)7(8)12/h3,13H,1-2H3. The Kier molecular flexibility index (Phi) is 3.62. The number of hydrogen-bond donors (Lipinski definition) is 1. The monoisotopic (exact) mass is 279 g/mol. The normalized spacial score (nSPS) is 9.93. The van der Waals surface area contributed by atoms with E-state index in [4.69, 9.17) is 0 Å². The largest absolute Gasteiger partial charge is 0.465 e. The van der Waals surface area contributed by atoms with Crippen molar-refractivity contribution < 1.29 is 18.3 Å². The highest BCUT2D eigenvalue weighted by Crippen LogP contribution is 2.29. The van der Waals surface area contributed by atoms with Gasteiger partial charge in [-0.25, -0.2) is 13.6 Å². The van der Waals surface area contributed by atoms with Crippen molar-refractivity contribution in [2.24, 2.45) is 0 Å². The maximum absolute atomic E-state index is 13.5. The van der Waals surface area contributed by atoms with Crippen molar-refractivity contribution >= 4 is 27.6 Å². The van der Waals surface area contributed by atoms with Crippen LogP contribution < -0.4 is 5.32 Å². The number of esters is 1. The Morgan fingerprint density at radius 3 is 2.60 bits per heavy atom. The summed E-state index contributed by atoms with van der Waals surface area (Å²) in [6.07, 6.45) is 0. The van der Waals surface area contributed by atoms with Gasteiger partial charge in [-0.15, -0.1) is 0 Å². The van der Waals surface area contributed by atoms with Crippen LogP contribution in [0.25, 0.3) is 0 Å². The third kappa shape index (κ3) is 2.09. The summed E-state index contributed by atoms with van der Waals surface area (Å²) in [5.41, 5.74) is -0.284. The lowest BCUT2D eigenvalue weighted by molar-refractivity contribution is 0.0600. The molecule has 0 saturated carbocycles. The Morgan fingerprint density at radius 1 is 1.53 bits per heavy atom. The predicted molar refractivity (Wildman–Crippen MR) is 54.9 cm³/mol. The third-order valence-electron chi connectivity index (χ3n) is 1.82. The highest BCUT2D eigenvalue weighted by Gasteiger charge is 2.20. The SMILES string of the molecule is CNc1c(C(=O)OC)cc(F)c(Br)c1F. The molecule has 0 fully saturated rings. The molecule has 0 saturated heterocycles. The van der Waals surface area contributed by atoms with Crippen molar-refractivity contribution in [1.82, 2.24) is 0 Å². The van der Waals surface area contributed by atoms with Crippen LogP contribution in [0.5, 0.6) is 0 Å². The number of anilines is 1. The van der Waals surface area contributed by atoms with Crippen molar-refractivity contribution in [2.45, 2.75) is 0 Å². The molecule has 0 radical (unpaired) electrons. The van der Waals surface area contributed by atoms with E-state index in [1.807, 2.05) is 0 Å². The van der Waals surface area contributed by atoms with E-state index >= 15 is 0 Å². The molecule has 0 aromatic heterocycles. The summed E-state index contributed by atoms with van der Waals surface area (Å²) in [6, 6.07) is 0.908. The van der Waals surface area contributed by atoms with Crippen molar-refractivity contribution in [3.05, 3.63) is 27.7 Å². The van der Waals surface area contributed by atoms with Crippen LogP contribution in [0.1, 0.15) is 10.4 Å². The van der Waals surface area contributed by atoms with Gasteiger partial charge in [-0.1, -0.05) is 0 Å². The molecule has 1 aromatic rings. The van der Waals surface area contributed by atoms with Gasteiger partial charge in [-0.3, -0.25) is 0 Å². The summed E-state index contributed by atoms with van der Waals surface area (Å²) in [5, 5.41) is 2.47. The van der Waals surface area contributed by atoms with Gasteiger partial charge in [0.05, 0.1) is 22.8 Å². The lowest BCUT2D eigenvalue weighted by Gasteiger charge is -2.10. The van der Waals surface area contributed by atoms with Gasteiger partial charge in [0.2, 0.25) is 0 Å². The van der Waals surface area contributed by atoms with Crippen LogP contribution in [0.15, 0.2) is 10.5 Å². The lowest BCUT2D eigenvalue weighted by atomic mass is 10.1. The molecule has 0 unspecified atom stereocenters. The number of ether oxygens (including phenoxy) is 1. The van der Waals surface area contributed by atoms with E-state index in [1.54, 1.807) is 0 Å². The second-order valence-corrected chi connectivity index (χ2v) is 3.44. The Hall–Kier alpha value is -1.17. The highest BCUT2D eigenvalue weighted by atomic mass is 79.9. The fourth-order valence-corrected chi connectivity index (χ4v) is 1.42. The zero-order valence-electron chi connectivity index (χ0n) is 8.03. The Balaban J connectivity index is 3.45. The molecule has 0 spiro atoms. The number of benzene rings is 1. The number of carbonyl (C=O) groups excluding carboxylic acids is 1. The fourth-order valence-electron chi connectivity index (χ4n) is 1.11. The quantitative estimate of drug-likeness (QED) is 0.668.